The van der Waals surface area contributed by atoms with Crippen LogP contribution in [0.1, 0.15) is 30.2 Å². The lowest BCUT2D eigenvalue weighted by Crippen LogP contribution is -2.48. The largest absolute Gasteiger partial charge is 0.326 e. The molecule has 2 unspecified atom stereocenters. The van der Waals surface area contributed by atoms with Gasteiger partial charge in [0.2, 0.25) is 0 Å². The summed E-state index contributed by atoms with van der Waals surface area (Å²) in [5.74, 6) is 0.764. The molecule has 2 rings (SSSR count). The van der Waals surface area contributed by atoms with Crippen molar-refractivity contribution in [3.63, 3.8) is 0 Å². The molecule has 0 radical (unpaired) electrons. The molecule has 4 N–H and O–H groups in total. The molecule has 19 heavy (non-hydrogen) atoms. The monoisotopic (exact) mass is 296 g/mol. The molecule has 6 heteroatoms. The van der Waals surface area contributed by atoms with Crippen LogP contribution in [0.25, 0.3) is 0 Å². The second kappa shape index (κ2) is 5.54. The lowest BCUT2D eigenvalue weighted by molar-refractivity contribution is 0.407. The van der Waals surface area contributed by atoms with Gasteiger partial charge in [-0.2, -0.15) is 4.37 Å². The van der Waals surface area contributed by atoms with Crippen LogP contribution in [0, 0.1) is 0 Å². The van der Waals surface area contributed by atoms with Crippen molar-refractivity contribution in [3.8, 4) is 0 Å². The molecule has 0 spiro atoms. The summed E-state index contributed by atoms with van der Waals surface area (Å²) >= 11 is 7.17. The summed E-state index contributed by atoms with van der Waals surface area (Å²) in [7, 11) is 0. The standard InChI is InChI=1S/C13H17ClN4S/c1-8(15)13(2,16)12-17-11(18-19-12)7-9-3-5-10(14)6-4-9/h3-6,8H,7,15-16H2,1-2H3. The number of nitrogens with zero attached hydrogens (tertiary/aromatic N) is 2. The van der Waals surface area contributed by atoms with Gasteiger partial charge in [0.15, 0.2) is 0 Å². The van der Waals surface area contributed by atoms with E-state index in [2.05, 4.69) is 9.36 Å². The summed E-state index contributed by atoms with van der Waals surface area (Å²) in [6.45, 7) is 3.75. The molecular formula is C13H17ClN4S. The fraction of sp³-hybridized carbons (Fsp3) is 0.385. The number of hydrogen-bond donors (Lipinski definition) is 2. The Labute approximate surface area is 122 Å². The van der Waals surface area contributed by atoms with Gasteiger partial charge in [0, 0.05) is 17.5 Å². The fourth-order valence-electron chi connectivity index (χ4n) is 1.52. The number of aromatic nitrogens is 2. The van der Waals surface area contributed by atoms with Gasteiger partial charge in [-0.05, 0) is 43.1 Å². The van der Waals surface area contributed by atoms with Crippen molar-refractivity contribution in [2.24, 2.45) is 11.5 Å². The first-order valence-corrected chi connectivity index (χ1v) is 7.16. The molecule has 0 aliphatic heterocycles. The van der Waals surface area contributed by atoms with Crippen molar-refractivity contribution >= 4 is 23.1 Å². The summed E-state index contributed by atoms with van der Waals surface area (Å²) in [4.78, 5) is 4.49. The predicted molar refractivity (Wildman–Crippen MR) is 79.4 cm³/mol. The molecule has 0 fully saturated rings. The van der Waals surface area contributed by atoms with Crippen molar-refractivity contribution in [1.82, 2.24) is 9.36 Å². The average Bonchev–Trinajstić information content (AvgIpc) is 2.81. The van der Waals surface area contributed by atoms with Crippen LogP contribution in [0.15, 0.2) is 24.3 Å². The van der Waals surface area contributed by atoms with E-state index < -0.39 is 5.54 Å². The smallest absolute Gasteiger partial charge is 0.147 e. The number of halogens is 1. The Balaban J connectivity index is 2.16. The highest BCUT2D eigenvalue weighted by atomic mass is 35.5. The van der Waals surface area contributed by atoms with Crippen molar-refractivity contribution in [2.45, 2.75) is 31.8 Å². The van der Waals surface area contributed by atoms with Crippen LogP contribution in [-0.2, 0) is 12.0 Å². The molecule has 1 aromatic heterocycles. The minimum Gasteiger partial charge on any atom is -0.326 e. The normalized spacial score (nSPS) is 16.1. The van der Waals surface area contributed by atoms with Crippen molar-refractivity contribution in [1.29, 1.82) is 0 Å². The molecule has 0 aliphatic carbocycles. The van der Waals surface area contributed by atoms with Gasteiger partial charge in [-0.1, -0.05) is 23.7 Å². The van der Waals surface area contributed by atoms with Crippen LogP contribution < -0.4 is 11.5 Å². The lowest BCUT2D eigenvalue weighted by Gasteiger charge is -2.25. The van der Waals surface area contributed by atoms with Crippen LogP contribution in [0.2, 0.25) is 5.02 Å². The zero-order valence-corrected chi connectivity index (χ0v) is 12.5. The molecule has 0 saturated carbocycles. The Morgan fingerprint density at radius 2 is 2.00 bits per heavy atom. The number of nitrogens with two attached hydrogens (primary N) is 2. The highest BCUT2D eigenvalue weighted by Gasteiger charge is 2.30. The molecular weight excluding hydrogens is 280 g/mol. The van der Waals surface area contributed by atoms with Gasteiger partial charge in [0.25, 0.3) is 0 Å². The summed E-state index contributed by atoms with van der Waals surface area (Å²) in [5.41, 5.74) is 12.5. The Morgan fingerprint density at radius 1 is 1.37 bits per heavy atom. The molecule has 1 aromatic carbocycles. The van der Waals surface area contributed by atoms with E-state index in [4.69, 9.17) is 23.1 Å². The Kier molecular flexibility index (Phi) is 4.20. The molecule has 2 atom stereocenters. The van der Waals surface area contributed by atoms with Gasteiger partial charge < -0.3 is 11.5 Å². The number of rotatable bonds is 4. The van der Waals surface area contributed by atoms with Crippen molar-refractivity contribution in [2.75, 3.05) is 0 Å². The van der Waals surface area contributed by atoms with Gasteiger partial charge in [-0.3, -0.25) is 0 Å². The first-order valence-electron chi connectivity index (χ1n) is 6.01. The second-order valence-electron chi connectivity index (χ2n) is 4.89. The third-order valence-electron chi connectivity index (χ3n) is 3.15. The Bertz CT molecular complexity index is 548. The van der Waals surface area contributed by atoms with Crippen LogP contribution >= 0.6 is 23.1 Å². The Morgan fingerprint density at radius 3 is 2.58 bits per heavy atom. The third-order valence-corrected chi connectivity index (χ3v) is 4.41. The van der Waals surface area contributed by atoms with Gasteiger partial charge in [0.1, 0.15) is 10.8 Å². The number of benzene rings is 1. The van der Waals surface area contributed by atoms with Crippen LogP contribution in [-0.4, -0.2) is 15.4 Å². The number of hydrogen-bond acceptors (Lipinski definition) is 5. The van der Waals surface area contributed by atoms with Crippen molar-refractivity contribution in [3.05, 3.63) is 45.7 Å². The van der Waals surface area contributed by atoms with E-state index in [9.17, 15) is 0 Å². The maximum Gasteiger partial charge on any atom is 0.147 e. The van der Waals surface area contributed by atoms with Crippen LogP contribution in [0.3, 0.4) is 0 Å². The molecule has 1 heterocycles. The van der Waals surface area contributed by atoms with Crippen LogP contribution in [0.4, 0.5) is 0 Å². The fourth-order valence-corrected chi connectivity index (χ4v) is 2.48. The van der Waals surface area contributed by atoms with E-state index in [1.54, 1.807) is 0 Å². The average molecular weight is 297 g/mol. The molecule has 0 aliphatic rings. The summed E-state index contributed by atoms with van der Waals surface area (Å²) in [6, 6.07) is 7.48. The molecule has 0 amide bonds. The molecule has 2 aromatic rings. The van der Waals surface area contributed by atoms with Crippen LogP contribution in [0.5, 0.6) is 0 Å². The SMILES string of the molecule is CC(N)C(C)(N)c1nc(Cc2ccc(Cl)cc2)ns1. The Hall–Kier alpha value is -1.01. The van der Waals surface area contributed by atoms with Gasteiger partial charge >= 0.3 is 0 Å². The van der Waals surface area contributed by atoms with E-state index in [0.29, 0.717) is 6.42 Å². The second-order valence-corrected chi connectivity index (χ2v) is 6.08. The highest BCUT2D eigenvalue weighted by molar-refractivity contribution is 7.05. The lowest BCUT2D eigenvalue weighted by atomic mass is 9.97. The summed E-state index contributed by atoms with van der Waals surface area (Å²) in [5, 5.41) is 1.49. The highest BCUT2D eigenvalue weighted by Crippen LogP contribution is 2.23. The minimum absolute atomic E-state index is 0.177. The predicted octanol–water partition coefficient (Wildman–Crippen LogP) is 2.30. The van der Waals surface area contributed by atoms with Gasteiger partial charge in [0.05, 0.1) is 5.54 Å². The maximum absolute atomic E-state index is 6.17. The molecule has 0 saturated heterocycles. The molecule has 102 valence electrons. The molecule has 0 bridgehead atoms. The first kappa shape index (κ1) is 14.4. The summed E-state index contributed by atoms with van der Waals surface area (Å²) in [6.07, 6.45) is 0.669. The van der Waals surface area contributed by atoms with E-state index >= 15 is 0 Å². The van der Waals surface area contributed by atoms with E-state index in [1.807, 2.05) is 38.1 Å². The van der Waals surface area contributed by atoms with E-state index in [0.717, 1.165) is 21.4 Å². The van der Waals surface area contributed by atoms with Crippen molar-refractivity contribution < 1.29 is 0 Å². The maximum atomic E-state index is 6.17. The topological polar surface area (TPSA) is 77.8 Å². The summed E-state index contributed by atoms with van der Waals surface area (Å²) < 4.78 is 4.34. The quantitative estimate of drug-likeness (QED) is 0.907. The van der Waals surface area contributed by atoms with Gasteiger partial charge in [-0.25, -0.2) is 4.98 Å². The van der Waals surface area contributed by atoms with Gasteiger partial charge in [-0.15, -0.1) is 0 Å². The minimum atomic E-state index is -0.643. The first-order chi connectivity index (χ1) is 8.89. The zero-order valence-electron chi connectivity index (χ0n) is 10.9. The molecule has 4 nitrogen and oxygen atoms in total. The third kappa shape index (κ3) is 3.30. The van der Waals surface area contributed by atoms with E-state index in [1.165, 1.54) is 11.5 Å². The zero-order chi connectivity index (χ0) is 14.0. The van der Waals surface area contributed by atoms with E-state index in [-0.39, 0.29) is 6.04 Å².